The largest absolute Gasteiger partial charge is 0.370 e. The van der Waals surface area contributed by atoms with E-state index in [0.717, 1.165) is 78.4 Å². The lowest BCUT2D eigenvalue weighted by molar-refractivity contribution is -0.114. The normalized spacial score (nSPS) is 17.4. The van der Waals surface area contributed by atoms with Gasteiger partial charge >= 0.3 is 0 Å². The zero-order chi connectivity index (χ0) is 68.0. The summed E-state index contributed by atoms with van der Waals surface area (Å²) in [6, 6.07) is 67.7. The fourth-order valence-electron chi connectivity index (χ4n) is 11.8. The summed E-state index contributed by atoms with van der Waals surface area (Å²) >= 11 is 0. The van der Waals surface area contributed by atoms with E-state index in [2.05, 4.69) is 93.2 Å². The first kappa shape index (κ1) is 67.9. The van der Waals surface area contributed by atoms with E-state index in [1.165, 1.54) is 16.7 Å². The van der Waals surface area contributed by atoms with Gasteiger partial charge in [-0.15, -0.1) is 0 Å². The molecular formula is C79H82N12O4. The van der Waals surface area contributed by atoms with Crippen molar-refractivity contribution in [1.29, 1.82) is 0 Å². The predicted octanol–water partition coefficient (Wildman–Crippen LogP) is 12.9. The molecule has 16 heteroatoms. The second-order valence-electron chi connectivity index (χ2n) is 23.9. The van der Waals surface area contributed by atoms with Gasteiger partial charge in [0, 0.05) is 22.3 Å². The summed E-state index contributed by atoms with van der Waals surface area (Å²) < 4.78 is 0. The van der Waals surface area contributed by atoms with Crippen molar-refractivity contribution in [3.05, 3.63) is 307 Å². The zero-order valence-electron chi connectivity index (χ0n) is 55.3. The zero-order valence-corrected chi connectivity index (χ0v) is 55.3. The predicted molar refractivity (Wildman–Crippen MR) is 385 cm³/mol. The van der Waals surface area contributed by atoms with Crippen molar-refractivity contribution in [2.24, 2.45) is 42.9 Å². The number of nitrogens with zero attached hydrogens (tertiary/aromatic N) is 4. The molecule has 4 aliphatic heterocycles. The molecule has 95 heavy (non-hydrogen) atoms. The maximum Gasteiger partial charge on any atom is 0.194 e. The van der Waals surface area contributed by atoms with Gasteiger partial charge in [0.15, 0.2) is 47.0 Å². The van der Waals surface area contributed by atoms with Crippen LogP contribution in [0.1, 0.15) is 144 Å². The van der Waals surface area contributed by atoms with Crippen LogP contribution in [-0.2, 0) is 19.2 Å². The Bertz CT molecular complexity index is 4430. The second kappa shape index (κ2) is 30.7. The van der Waals surface area contributed by atoms with E-state index in [1.54, 1.807) is 27.7 Å². The minimum absolute atomic E-state index is 0.0131. The maximum absolute atomic E-state index is 12.4. The average molecular weight is 1260 g/mol. The molecule has 0 spiro atoms. The van der Waals surface area contributed by atoms with Crippen LogP contribution in [0.2, 0.25) is 0 Å². The lowest BCUT2D eigenvalue weighted by Gasteiger charge is -2.27. The Morgan fingerprint density at radius 1 is 0.337 bits per heavy atom. The minimum Gasteiger partial charge on any atom is -0.370 e. The van der Waals surface area contributed by atoms with Gasteiger partial charge in [-0.3, -0.25) is 19.2 Å². The SMILES string of the molecule is CC(=O)C1=C(c2ccccc2)NC(N)=NC1c1ccc(C(C)C)cc1.CC(=O)C1=C(c2ccccc2)NC(N)=NC1c1ccc(C)c(C)c1.CC(=O)C1=C(c2ccccc2)NC(N)=NC1c1cccc(C)c1.CC(=O)C1=C(c2ccccc2)NC(N)=NC1c1ccccc1C. The lowest BCUT2D eigenvalue weighted by atomic mass is 9.89. The van der Waals surface area contributed by atoms with Gasteiger partial charge in [-0.05, 0) is 128 Å². The molecule has 0 aromatic heterocycles. The number of ketones is 4. The Balaban J connectivity index is 0.000000149. The molecule has 12 rings (SSSR count). The van der Waals surface area contributed by atoms with Gasteiger partial charge in [0.05, 0.1) is 22.8 Å². The lowest BCUT2D eigenvalue weighted by Crippen LogP contribution is -2.36. The molecule has 0 amide bonds. The fourth-order valence-corrected chi connectivity index (χ4v) is 11.8. The standard InChI is InChI=1S/C21H23N3O.C20H21N3O.2C19H19N3O/c1-13(2)15-9-11-17(12-10-15)20-18(14(3)25)19(23-21(22)24-20)16-7-5-4-6-8-16;1-12-9-10-16(11-13(12)2)19-17(14(3)24)18(22-20(21)23-19)15-7-5-4-6-8-15;1-12-8-6-7-11-15(12)18-16(13(2)23)17(21-19(20)22-18)14-9-4-3-5-10-14;1-12-7-6-10-15(11-12)18-16(13(2)23)17(21-19(20)22-18)14-8-4-3-5-9-14/h4-13,20H,1-3H3,(H3,22,23,24);4-11,19H,1-3H3,(H3,21,22,23);2*3-11,18H,1-2H3,(H3,20,21,22). The van der Waals surface area contributed by atoms with Gasteiger partial charge in [-0.2, -0.15) is 0 Å². The highest BCUT2D eigenvalue weighted by Crippen LogP contribution is 2.39. The topological polar surface area (TPSA) is 270 Å². The highest BCUT2D eigenvalue weighted by molar-refractivity contribution is 6.10. The first-order valence-electron chi connectivity index (χ1n) is 31.5. The summed E-state index contributed by atoms with van der Waals surface area (Å²) in [6.45, 7) is 18.8. The molecule has 12 N–H and O–H groups in total. The van der Waals surface area contributed by atoms with Crippen LogP contribution in [0.25, 0.3) is 22.8 Å². The Kier molecular flexibility index (Phi) is 22.0. The van der Waals surface area contributed by atoms with E-state index >= 15 is 0 Å². The number of Topliss-reactive ketones (excluding diaryl/α,β-unsaturated/α-hetero) is 4. The number of hydrogen-bond acceptors (Lipinski definition) is 16. The van der Waals surface area contributed by atoms with Crippen LogP contribution in [0.15, 0.2) is 255 Å². The molecule has 0 bridgehead atoms. The molecule has 0 aliphatic carbocycles. The number of rotatable bonds is 13. The van der Waals surface area contributed by atoms with Crippen molar-refractivity contribution in [3.8, 4) is 0 Å². The molecule has 0 saturated carbocycles. The van der Waals surface area contributed by atoms with Gasteiger partial charge in [0.25, 0.3) is 0 Å². The highest BCUT2D eigenvalue weighted by atomic mass is 16.1. The van der Waals surface area contributed by atoms with E-state index in [0.29, 0.717) is 52.0 Å². The molecule has 0 fully saturated rings. The average Bonchev–Trinajstić information content (AvgIpc) is 0.946. The number of nitrogens with one attached hydrogen (secondary N) is 4. The molecular weight excluding hydrogens is 1180 g/mol. The molecule has 4 unspecified atom stereocenters. The molecule has 4 heterocycles. The summed E-state index contributed by atoms with van der Waals surface area (Å²) in [5.74, 6) is 1.69. The van der Waals surface area contributed by atoms with Crippen LogP contribution >= 0.6 is 0 Å². The van der Waals surface area contributed by atoms with E-state index < -0.39 is 12.1 Å². The van der Waals surface area contributed by atoms with E-state index in [4.69, 9.17) is 22.9 Å². The van der Waals surface area contributed by atoms with Crippen LogP contribution < -0.4 is 44.2 Å². The van der Waals surface area contributed by atoms with Crippen LogP contribution in [0.3, 0.4) is 0 Å². The van der Waals surface area contributed by atoms with Gasteiger partial charge in [-0.25, -0.2) is 20.0 Å². The van der Waals surface area contributed by atoms with Crippen molar-refractivity contribution < 1.29 is 19.2 Å². The highest BCUT2D eigenvalue weighted by Gasteiger charge is 2.33. The van der Waals surface area contributed by atoms with Crippen molar-refractivity contribution in [2.45, 2.75) is 99.3 Å². The molecule has 0 saturated heterocycles. The molecule has 8 aromatic rings. The van der Waals surface area contributed by atoms with E-state index in [1.807, 2.05) is 202 Å². The number of hydrogen-bond donors (Lipinski definition) is 8. The summed E-state index contributed by atoms with van der Waals surface area (Å²) in [7, 11) is 0. The van der Waals surface area contributed by atoms with Gasteiger partial charge in [-0.1, -0.05) is 232 Å². The number of carbonyl (C=O) groups excluding carboxylic acids is 4. The first-order valence-corrected chi connectivity index (χ1v) is 31.5. The molecule has 4 aliphatic rings. The molecule has 482 valence electrons. The molecule has 8 aromatic carbocycles. The third-order valence-electron chi connectivity index (χ3n) is 16.6. The molecule has 16 nitrogen and oxygen atoms in total. The van der Waals surface area contributed by atoms with Crippen LogP contribution in [0.4, 0.5) is 0 Å². The quantitative estimate of drug-likeness (QED) is 0.0536. The van der Waals surface area contributed by atoms with Crippen molar-refractivity contribution in [3.63, 3.8) is 0 Å². The number of aliphatic imine (C=N–C) groups is 4. The monoisotopic (exact) mass is 1260 g/mol. The van der Waals surface area contributed by atoms with Gasteiger partial charge < -0.3 is 44.2 Å². The fraction of sp³-hybridized carbons (Fsp3) is 0.190. The summed E-state index contributed by atoms with van der Waals surface area (Å²) in [5.41, 5.74) is 43.0. The number of carbonyl (C=O) groups is 4. The van der Waals surface area contributed by atoms with Crippen molar-refractivity contribution in [1.82, 2.24) is 21.3 Å². The smallest absolute Gasteiger partial charge is 0.194 e. The van der Waals surface area contributed by atoms with Crippen molar-refractivity contribution >= 4 is 69.8 Å². The van der Waals surface area contributed by atoms with E-state index in [-0.39, 0.29) is 35.2 Å². The third-order valence-corrected chi connectivity index (χ3v) is 16.6. The second-order valence-corrected chi connectivity index (χ2v) is 23.9. The van der Waals surface area contributed by atoms with Crippen molar-refractivity contribution in [2.75, 3.05) is 0 Å². The number of aryl methyl sites for hydroxylation is 4. The number of benzene rings is 8. The van der Waals surface area contributed by atoms with Crippen LogP contribution in [0, 0.1) is 27.7 Å². The third kappa shape index (κ3) is 16.4. The number of nitrogens with two attached hydrogens (primary N) is 4. The minimum atomic E-state index is -0.393. The Morgan fingerprint density at radius 2 is 0.663 bits per heavy atom. The Morgan fingerprint density at radius 3 is 1.01 bits per heavy atom. The number of guanidine groups is 4. The summed E-state index contributed by atoms with van der Waals surface area (Å²) in [6.07, 6.45) is 0. The first-order chi connectivity index (χ1) is 45.6. The van der Waals surface area contributed by atoms with Crippen LogP contribution in [0.5, 0.6) is 0 Å². The Labute approximate surface area is 556 Å². The molecule has 4 atom stereocenters. The maximum atomic E-state index is 12.4. The van der Waals surface area contributed by atoms with Gasteiger partial charge in [0.2, 0.25) is 0 Å². The van der Waals surface area contributed by atoms with Gasteiger partial charge in [0.1, 0.15) is 24.2 Å². The van der Waals surface area contributed by atoms with E-state index in [9.17, 15) is 19.2 Å². The molecule has 0 radical (unpaired) electrons. The van der Waals surface area contributed by atoms with Crippen LogP contribution in [-0.4, -0.2) is 47.0 Å². The Hall–Kier alpha value is -11.5. The summed E-state index contributed by atoms with van der Waals surface area (Å²) in [5, 5.41) is 12.3. The summed E-state index contributed by atoms with van der Waals surface area (Å²) in [4.78, 5) is 67.6.